The normalized spacial score (nSPS) is 47.1. The zero-order valence-corrected chi connectivity index (χ0v) is 22.5. The molecule has 14 heteroatoms. The van der Waals surface area contributed by atoms with E-state index in [0.717, 1.165) is 21.6 Å². The van der Waals surface area contributed by atoms with E-state index < -0.39 is 69.0 Å². The van der Waals surface area contributed by atoms with Gasteiger partial charge in [0.25, 0.3) is 11.8 Å². The first-order chi connectivity index (χ1) is 15.7. The number of nitrogens with zero attached hydrogens (tertiary/aromatic N) is 2. The van der Waals surface area contributed by atoms with Crippen molar-refractivity contribution in [3.63, 3.8) is 0 Å². The summed E-state index contributed by atoms with van der Waals surface area (Å²) in [6.45, 7) is 5.79. The Bertz CT molecular complexity index is 1010. The summed E-state index contributed by atoms with van der Waals surface area (Å²) >= 11 is 0. The molecule has 5 aliphatic heterocycles. The van der Waals surface area contributed by atoms with Gasteiger partial charge in [-0.25, -0.2) is 0 Å². The molecule has 1 saturated carbocycles. The summed E-state index contributed by atoms with van der Waals surface area (Å²) in [7, 11) is 6.26. The van der Waals surface area contributed by atoms with E-state index in [2.05, 4.69) is 0 Å². The van der Waals surface area contributed by atoms with Gasteiger partial charge in [-0.05, 0) is 48.2 Å². The van der Waals surface area contributed by atoms with E-state index in [4.69, 9.17) is 9.47 Å². The van der Waals surface area contributed by atoms with Crippen LogP contribution >= 0.6 is 41.2 Å². The highest BCUT2D eigenvalue weighted by Crippen LogP contribution is 2.69. The van der Waals surface area contributed by atoms with Gasteiger partial charge in [-0.2, -0.15) is 0 Å². The summed E-state index contributed by atoms with van der Waals surface area (Å²) in [4.78, 5) is 53.2. The van der Waals surface area contributed by atoms with Gasteiger partial charge in [0.05, 0.1) is 24.2 Å². The lowest BCUT2D eigenvalue weighted by molar-refractivity contribution is -0.189. The molecule has 2 bridgehead atoms. The molecule has 1 aliphatic carbocycles. The average molecular weight is 551 g/mol. The van der Waals surface area contributed by atoms with E-state index in [1.165, 1.54) is 43.4 Å². The predicted octanol–water partition coefficient (Wildman–Crippen LogP) is 0.955. The maximum Gasteiger partial charge on any atom is 0.303 e. The maximum atomic E-state index is 14.0. The van der Waals surface area contributed by atoms with Crippen LogP contribution in [0, 0.1) is 5.41 Å². The van der Waals surface area contributed by atoms with Crippen LogP contribution in [0.1, 0.15) is 40.5 Å². The van der Waals surface area contributed by atoms with E-state index in [1.807, 2.05) is 0 Å². The number of esters is 1. The molecule has 188 valence electrons. The molecule has 5 saturated heterocycles. The number of hydrogen-bond donors (Lipinski definition) is 2. The van der Waals surface area contributed by atoms with E-state index in [1.54, 1.807) is 20.8 Å². The Morgan fingerprint density at radius 2 is 1.85 bits per heavy atom. The van der Waals surface area contributed by atoms with Crippen molar-refractivity contribution in [2.24, 2.45) is 5.41 Å². The van der Waals surface area contributed by atoms with Crippen LogP contribution in [-0.2, 0) is 28.7 Å². The third-order valence-corrected chi connectivity index (χ3v) is 15.4. The van der Waals surface area contributed by atoms with E-state index in [-0.39, 0.29) is 18.6 Å². The molecule has 0 radical (unpaired) electrons. The van der Waals surface area contributed by atoms with Gasteiger partial charge in [0.15, 0.2) is 22.4 Å². The molecule has 2 amide bonds. The number of aliphatic hydroxyl groups is 2. The number of carbonyl (C=O) groups excluding carboxylic acids is 4. The molecular formula is C20H26N2O8S4. The lowest BCUT2D eigenvalue weighted by atomic mass is 9.76. The SMILES string of the molecule is CC(=O)O[C@H]1[C@]2(O)C[C@]34SSSS[C@](CO)(C(=O)N3[C@@H]2C[C@@]12OC(C)C(C)(C)C2=O)N(C)C4=O. The Kier molecular flexibility index (Phi) is 5.48. The number of carbonyl (C=O) groups is 4. The van der Waals surface area contributed by atoms with Crippen molar-refractivity contribution in [1.82, 2.24) is 9.80 Å². The molecule has 6 fully saturated rings. The first kappa shape index (κ1) is 25.0. The van der Waals surface area contributed by atoms with Crippen LogP contribution in [0.25, 0.3) is 0 Å². The molecule has 7 atom stereocenters. The van der Waals surface area contributed by atoms with Gasteiger partial charge < -0.3 is 29.5 Å². The van der Waals surface area contributed by atoms with E-state index in [9.17, 15) is 29.4 Å². The molecular weight excluding hydrogens is 524 g/mol. The number of piperazine rings is 1. The molecule has 6 aliphatic rings. The minimum atomic E-state index is -1.91. The lowest BCUT2D eigenvalue weighted by Crippen LogP contribution is -2.74. The molecule has 0 aromatic carbocycles. The Hall–Kier alpha value is -0.640. The minimum absolute atomic E-state index is 0.122. The highest BCUT2D eigenvalue weighted by Gasteiger charge is 2.83. The fourth-order valence-electron chi connectivity index (χ4n) is 6.11. The van der Waals surface area contributed by atoms with Gasteiger partial charge in [0.1, 0.15) is 5.60 Å². The summed E-state index contributed by atoms with van der Waals surface area (Å²) < 4.78 is 11.8. The van der Waals surface area contributed by atoms with Gasteiger partial charge in [-0.1, -0.05) is 13.8 Å². The van der Waals surface area contributed by atoms with Gasteiger partial charge in [-0.3, -0.25) is 19.2 Å². The van der Waals surface area contributed by atoms with Crippen LogP contribution in [0.3, 0.4) is 0 Å². The summed E-state index contributed by atoms with van der Waals surface area (Å²) in [5.74, 6) is -1.98. The Morgan fingerprint density at radius 1 is 1.21 bits per heavy atom. The average Bonchev–Trinajstić information content (AvgIpc) is 3.21. The fraction of sp³-hybridized carbons (Fsp3) is 0.800. The highest BCUT2D eigenvalue weighted by atomic mass is 33.7. The number of aliphatic hydroxyl groups excluding tert-OH is 1. The Labute approximate surface area is 211 Å². The quantitative estimate of drug-likeness (QED) is 0.375. The van der Waals surface area contributed by atoms with Crippen molar-refractivity contribution in [3.05, 3.63) is 0 Å². The standard InChI is InChI=1S/C20H26N2O8S4/c1-9-16(3,4)12(25)18(30-9)6-11-17(28,13(18)29-10(2)24)7-19-14(26)21(5)20(8-23,15(27)22(11)19)32-34-33-31-19/h9,11,13,23,28H,6-8H2,1-5H3/t9?,11-,13+,17+,18+,19-,20-/m1/s1. The number of rotatable bonds is 2. The number of amides is 2. The van der Waals surface area contributed by atoms with Crippen LogP contribution in [0.5, 0.6) is 0 Å². The summed E-state index contributed by atoms with van der Waals surface area (Å²) in [6, 6.07) is -1.03. The smallest absolute Gasteiger partial charge is 0.303 e. The molecule has 2 spiro atoms. The van der Waals surface area contributed by atoms with Crippen molar-refractivity contribution in [3.8, 4) is 0 Å². The molecule has 2 N–H and O–H groups in total. The first-order valence-corrected chi connectivity index (χ1v) is 15.6. The summed E-state index contributed by atoms with van der Waals surface area (Å²) in [6.07, 6.45) is -2.29. The number of fused-ring (bicyclic) bond motifs is 5. The van der Waals surface area contributed by atoms with Crippen molar-refractivity contribution in [2.45, 2.75) is 79.7 Å². The number of ether oxygens (including phenoxy) is 2. The second-order valence-electron chi connectivity index (χ2n) is 10.1. The summed E-state index contributed by atoms with van der Waals surface area (Å²) in [5.41, 5.74) is -4.48. The Morgan fingerprint density at radius 3 is 2.41 bits per heavy atom. The molecule has 0 aromatic heterocycles. The van der Waals surface area contributed by atoms with Crippen LogP contribution in [-0.4, -0.2) is 96.4 Å². The third kappa shape index (κ3) is 2.71. The lowest BCUT2D eigenvalue weighted by Gasteiger charge is -2.54. The van der Waals surface area contributed by atoms with Crippen molar-refractivity contribution in [2.75, 3.05) is 13.7 Å². The minimum Gasteiger partial charge on any atom is -0.456 e. The van der Waals surface area contributed by atoms with Crippen LogP contribution < -0.4 is 0 Å². The van der Waals surface area contributed by atoms with Crippen molar-refractivity contribution < 1.29 is 38.9 Å². The van der Waals surface area contributed by atoms with E-state index in [0.29, 0.717) is 0 Å². The first-order valence-electron chi connectivity index (χ1n) is 10.8. The fourth-order valence-corrected chi connectivity index (χ4v) is 13.8. The highest BCUT2D eigenvalue weighted by molar-refractivity contribution is 9.26. The molecule has 6 rings (SSSR count). The predicted molar refractivity (Wildman–Crippen MR) is 128 cm³/mol. The van der Waals surface area contributed by atoms with Crippen molar-refractivity contribution >= 4 is 64.8 Å². The van der Waals surface area contributed by atoms with Gasteiger partial charge in [-0.15, -0.1) is 0 Å². The third-order valence-electron chi connectivity index (χ3n) is 8.15. The van der Waals surface area contributed by atoms with Gasteiger partial charge in [0.2, 0.25) is 4.87 Å². The number of likely N-dealkylation sites (N-methyl/N-ethyl adjacent to an activating group) is 1. The molecule has 5 heterocycles. The molecule has 10 nitrogen and oxygen atoms in total. The zero-order valence-electron chi connectivity index (χ0n) is 19.2. The van der Waals surface area contributed by atoms with E-state index >= 15 is 0 Å². The van der Waals surface area contributed by atoms with Crippen LogP contribution in [0.15, 0.2) is 0 Å². The van der Waals surface area contributed by atoms with Crippen LogP contribution in [0.2, 0.25) is 0 Å². The number of Topliss-reactive ketones (excluding diaryl/α,β-unsaturated/α-hetero) is 1. The maximum absolute atomic E-state index is 14.0. The van der Waals surface area contributed by atoms with Crippen molar-refractivity contribution in [1.29, 1.82) is 0 Å². The molecule has 0 aromatic rings. The van der Waals surface area contributed by atoms with Gasteiger partial charge >= 0.3 is 5.97 Å². The Balaban J connectivity index is 1.69. The second kappa shape index (κ2) is 7.45. The second-order valence-corrected chi connectivity index (χ2v) is 16.4. The monoisotopic (exact) mass is 550 g/mol. The number of hydrogen-bond acceptors (Lipinski definition) is 12. The topological polar surface area (TPSA) is 134 Å². The number of ketones is 1. The zero-order chi connectivity index (χ0) is 25.1. The summed E-state index contributed by atoms with van der Waals surface area (Å²) in [5, 5.41) is 22.5. The van der Waals surface area contributed by atoms with Crippen LogP contribution in [0.4, 0.5) is 0 Å². The molecule has 1 unspecified atom stereocenters. The van der Waals surface area contributed by atoms with Gasteiger partial charge in [0, 0.05) is 26.8 Å². The molecule has 34 heavy (non-hydrogen) atoms. The largest absolute Gasteiger partial charge is 0.456 e.